The van der Waals surface area contributed by atoms with Gasteiger partial charge in [0, 0.05) is 6.54 Å². The molecule has 96 valence electrons. The first-order chi connectivity index (χ1) is 7.62. The van der Waals surface area contributed by atoms with E-state index < -0.39 is 15.8 Å². The summed E-state index contributed by atoms with van der Waals surface area (Å²) in [7, 11) is -3.63. The zero-order valence-corrected chi connectivity index (χ0v) is 10.9. The zero-order valence-electron chi connectivity index (χ0n) is 10.1. The van der Waals surface area contributed by atoms with Gasteiger partial charge in [-0.25, -0.2) is 17.5 Å². The van der Waals surface area contributed by atoms with Crippen molar-refractivity contribution in [2.75, 3.05) is 12.3 Å². The highest BCUT2D eigenvalue weighted by molar-refractivity contribution is 7.89. The van der Waals surface area contributed by atoms with Crippen LogP contribution >= 0.6 is 0 Å². The van der Waals surface area contributed by atoms with E-state index in [1.165, 1.54) is 6.07 Å². The molecule has 0 amide bonds. The Morgan fingerprint density at radius 1 is 1.35 bits per heavy atom. The average molecular weight is 260 g/mol. The van der Waals surface area contributed by atoms with Crippen LogP contribution in [0.4, 0.5) is 10.1 Å². The first kappa shape index (κ1) is 13.9. The molecule has 6 heteroatoms. The minimum absolute atomic E-state index is 0.0272. The molecule has 0 heterocycles. The van der Waals surface area contributed by atoms with Gasteiger partial charge in [0.25, 0.3) is 0 Å². The Labute approximate surface area is 101 Å². The van der Waals surface area contributed by atoms with E-state index in [1.807, 2.05) is 20.8 Å². The molecule has 1 aromatic rings. The molecule has 0 bridgehead atoms. The number of benzene rings is 1. The molecule has 17 heavy (non-hydrogen) atoms. The van der Waals surface area contributed by atoms with Crippen molar-refractivity contribution in [2.45, 2.75) is 25.7 Å². The van der Waals surface area contributed by atoms with Gasteiger partial charge in [-0.15, -0.1) is 0 Å². The molecule has 1 aromatic carbocycles. The van der Waals surface area contributed by atoms with Gasteiger partial charge in [-0.3, -0.25) is 0 Å². The summed E-state index contributed by atoms with van der Waals surface area (Å²) in [4.78, 5) is -0.0272. The van der Waals surface area contributed by atoms with E-state index in [0.717, 1.165) is 12.1 Å². The van der Waals surface area contributed by atoms with Gasteiger partial charge >= 0.3 is 0 Å². The summed E-state index contributed by atoms with van der Waals surface area (Å²) >= 11 is 0. The van der Waals surface area contributed by atoms with Gasteiger partial charge in [-0.2, -0.15) is 0 Å². The number of anilines is 1. The van der Waals surface area contributed by atoms with Crippen LogP contribution in [0.1, 0.15) is 20.8 Å². The van der Waals surface area contributed by atoms with Crippen LogP contribution in [0, 0.1) is 11.2 Å². The Kier molecular flexibility index (Phi) is 3.78. The second kappa shape index (κ2) is 4.62. The third-order valence-electron chi connectivity index (χ3n) is 2.07. The van der Waals surface area contributed by atoms with Crippen molar-refractivity contribution in [2.24, 2.45) is 5.41 Å². The molecule has 0 saturated carbocycles. The summed E-state index contributed by atoms with van der Waals surface area (Å²) in [6.45, 7) is 6.03. The van der Waals surface area contributed by atoms with E-state index in [4.69, 9.17) is 5.73 Å². The number of nitrogen functional groups attached to an aromatic ring is 1. The topological polar surface area (TPSA) is 72.2 Å². The van der Waals surface area contributed by atoms with Gasteiger partial charge in [-0.05, 0) is 23.6 Å². The number of nitrogens with one attached hydrogen (secondary N) is 1. The molecule has 0 saturated heterocycles. The molecule has 0 aromatic heterocycles. The number of hydrogen-bond donors (Lipinski definition) is 2. The van der Waals surface area contributed by atoms with Gasteiger partial charge < -0.3 is 5.73 Å². The fourth-order valence-corrected chi connectivity index (χ4v) is 2.40. The summed E-state index contributed by atoms with van der Waals surface area (Å²) < 4.78 is 39.1. The summed E-state index contributed by atoms with van der Waals surface area (Å²) in [6.07, 6.45) is 0. The SMILES string of the molecule is CC(C)(C)CNS(=O)(=O)c1ccc(F)c(N)c1. The standard InChI is InChI=1S/C11H17FN2O2S/c1-11(2,3)7-14-17(15,16)8-4-5-9(12)10(13)6-8/h4-6,14H,7,13H2,1-3H3. The number of sulfonamides is 1. The van der Waals surface area contributed by atoms with Crippen LogP contribution in [0.5, 0.6) is 0 Å². The van der Waals surface area contributed by atoms with Crippen molar-refractivity contribution in [3.8, 4) is 0 Å². The Balaban J connectivity index is 2.94. The molecule has 1 rings (SSSR count). The third kappa shape index (κ3) is 3.98. The minimum atomic E-state index is -3.63. The molecule has 0 unspecified atom stereocenters. The maximum absolute atomic E-state index is 12.9. The molecule has 0 aliphatic rings. The van der Waals surface area contributed by atoms with Crippen LogP contribution in [0.2, 0.25) is 0 Å². The second-order valence-electron chi connectivity index (χ2n) is 5.07. The summed E-state index contributed by atoms with van der Waals surface area (Å²) in [5.74, 6) is -0.625. The molecule has 0 spiro atoms. The first-order valence-corrected chi connectivity index (χ1v) is 6.65. The highest BCUT2D eigenvalue weighted by Crippen LogP contribution is 2.18. The normalized spacial score (nSPS) is 12.7. The zero-order chi connectivity index (χ0) is 13.3. The molecule has 0 radical (unpaired) electrons. The van der Waals surface area contributed by atoms with Gasteiger partial charge in [0.2, 0.25) is 10.0 Å². The van der Waals surface area contributed by atoms with Crippen molar-refractivity contribution in [1.82, 2.24) is 4.72 Å². The third-order valence-corrected chi connectivity index (χ3v) is 3.47. The van der Waals surface area contributed by atoms with Crippen LogP contribution < -0.4 is 10.5 Å². The highest BCUT2D eigenvalue weighted by Gasteiger charge is 2.19. The lowest BCUT2D eigenvalue weighted by Crippen LogP contribution is -2.32. The number of nitrogens with two attached hydrogens (primary N) is 1. The van der Waals surface area contributed by atoms with Crippen molar-refractivity contribution in [1.29, 1.82) is 0 Å². The second-order valence-corrected chi connectivity index (χ2v) is 6.84. The Hall–Kier alpha value is -1.14. The minimum Gasteiger partial charge on any atom is -0.396 e. The lowest BCUT2D eigenvalue weighted by atomic mass is 9.98. The fraction of sp³-hybridized carbons (Fsp3) is 0.455. The van der Waals surface area contributed by atoms with Crippen molar-refractivity contribution in [3.63, 3.8) is 0 Å². The van der Waals surface area contributed by atoms with Gasteiger partial charge in [0.15, 0.2) is 0 Å². The van der Waals surface area contributed by atoms with E-state index in [2.05, 4.69) is 4.72 Å². The lowest BCUT2D eigenvalue weighted by molar-refractivity contribution is 0.407. The molecule has 0 atom stereocenters. The lowest BCUT2D eigenvalue weighted by Gasteiger charge is -2.18. The first-order valence-electron chi connectivity index (χ1n) is 5.16. The largest absolute Gasteiger partial charge is 0.396 e. The van der Waals surface area contributed by atoms with Crippen LogP contribution in [-0.2, 0) is 10.0 Å². The van der Waals surface area contributed by atoms with E-state index in [1.54, 1.807) is 0 Å². The van der Waals surface area contributed by atoms with Crippen LogP contribution in [0.25, 0.3) is 0 Å². The Morgan fingerprint density at radius 3 is 2.41 bits per heavy atom. The van der Waals surface area contributed by atoms with Crippen molar-refractivity contribution >= 4 is 15.7 Å². The maximum atomic E-state index is 12.9. The monoisotopic (exact) mass is 260 g/mol. The Bertz CT molecular complexity index is 507. The van der Waals surface area contributed by atoms with Crippen LogP contribution in [-0.4, -0.2) is 15.0 Å². The van der Waals surface area contributed by atoms with Crippen molar-refractivity contribution < 1.29 is 12.8 Å². The van der Waals surface area contributed by atoms with E-state index in [-0.39, 0.29) is 16.0 Å². The molecular weight excluding hydrogens is 243 g/mol. The maximum Gasteiger partial charge on any atom is 0.240 e. The molecular formula is C11H17FN2O2S. The highest BCUT2D eigenvalue weighted by atomic mass is 32.2. The Morgan fingerprint density at radius 2 is 1.94 bits per heavy atom. The number of hydrogen-bond acceptors (Lipinski definition) is 3. The van der Waals surface area contributed by atoms with Gasteiger partial charge in [0.05, 0.1) is 10.6 Å². The van der Waals surface area contributed by atoms with Gasteiger partial charge in [-0.1, -0.05) is 20.8 Å². The van der Waals surface area contributed by atoms with E-state index in [9.17, 15) is 12.8 Å². The molecule has 4 nitrogen and oxygen atoms in total. The van der Waals surface area contributed by atoms with Crippen LogP contribution in [0.15, 0.2) is 23.1 Å². The molecule has 0 aliphatic carbocycles. The molecule has 0 aliphatic heterocycles. The summed E-state index contributed by atoms with van der Waals surface area (Å²) in [5, 5.41) is 0. The number of rotatable bonds is 3. The quantitative estimate of drug-likeness (QED) is 0.813. The predicted molar refractivity (Wildman–Crippen MR) is 65.5 cm³/mol. The van der Waals surface area contributed by atoms with E-state index in [0.29, 0.717) is 6.54 Å². The average Bonchev–Trinajstić information content (AvgIpc) is 2.18. The predicted octanol–water partition coefficient (Wildman–Crippen LogP) is 1.73. The van der Waals surface area contributed by atoms with Crippen LogP contribution in [0.3, 0.4) is 0 Å². The molecule has 3 N–H and O–H groups in total. The summed E-state index contributed by atoms with van der Waals surface area (Å²) in [5.41, 5.74) is 4.99. The van der Waals surface area contributed by atoms with E-state index >= 15 is 0 Å². The number of halogens is 1. The molecule has 0 fully saturated rings. The smallest absolute Gasteiger partial charge is 0.240 e. The summed E-state index contributed by atoms with van der Waals surface area (Å²) in [6, 6.07) is 3.35. The van der Waals surface area contributed by atoms with Crippen molar-refractivity contribution in [3.05, 3.63) is 24.0 Å². The van der Waals surface area contributed by atoms with Gasteiger partial charge in [0.1, 0.15) is 5.82 Å². The fourth-order valence-electron chi connectivity index (χ4n) is 1.08.